The van der Waals surface area contributed by atoms with E-state index in [1.165, 1.54) is 5.56 Å². The minimum atomic E-state index is -0.456. The van der Waals surface area contributed by atoms with Crippen LogP contribution < -0.4 is 5.32 Å². The Morgan fingerprint density at radius 3 is 2.74 bits per heavy atom. The third-order valence-corrected chi connectivity index (χ3v) is 4.11. The van der Waals surface area contributed by atoms with E-state index in [4.69, 9.17) is 0 Å². The van der Waals surface area contributed by atoms with Crippen molar-refractivity contribution >= 4 is 5.82 Å². The molecule has 4 rings (SSSR count). The summed E-state index contributed by atoms with van der Waals surface area (Å²) in [6.07, 6.45) is 2.05. The normalized spacial score (nSPS) is 19.6. The van der Waals surface area contributed by atoms with E-state index in [1.54, 1.807) is 4.68 Å². The number of anilines is 1. The van der Waals surface area contributed by atoms with E-state index >= 15 is 0 Å². The lowest BCUT2D eigenvalue weighted by molar-refractivity contribution is 0.165. The zero-order valence-corrected chi connectivity index (χ0v) is 12.7. The first-order chi connectivity index (χ1) is 11.2. The Kier molecular flexibility index (Phi) is 3.31. The van der Waals surface area contributed by atoms with Crippen LogP contribution in [0.15, 0.2) is 48.7 Å². The van der Waals surface area contributed by atoms with Gasteiger partial charge in [-0.15, -0.1) is 10.2 Å². The van der Waals surface area contributed by atoms with E-state index in [-0.39, 0.29) is 6.04 Å². The molecule has 1 aliphatic rings. The van der Waals surface area contributed by atoms with Crippen LogP contribution in [0.4, 0.5) is 5.82 Å². The van der Waals surface area contributed by atoms with Crippen molar-refractivity contribution in [2.45, 2.75) is 25.5 Å². The molecule has 0 fully saturated rings. The lowest BCUT2D eigenvalue weighted by Crippen LogP contribution is -2.21. The number of nitrogens with one attached hydrogen (secondary N) is 1. The van der Waals surface area contributed by atoms with Crippen molar-refractivity contribution in [1.29, 1.82) is 0 Å². The van der Waals surface area contributed by atoms with Gasteiger partial charge in [-0.25, -0.2) is 4.68 Å². The molecule has 6 heteroatoms. The summed E-state index contributed by atoms with van der Waals surface area (Å²) in [5.41, 5.74) is 3.22. The van der Waals surface area contributed by atoms with Crippen LogP contribution in [0.25, 0.3) is 5.82 Å². The number of hydrogen-bond donors (Lipinski definition) is 2. The number of hydrogen-bond acceptors (Lipinski definition) is 5. The van der Waals surface area contributed by atoms with E-state index in [0.29, 0.717) is 18.1 Å². The monoisotopic (exact) mass is 307 g/mol. The number of fused-ring (bicyclic) bond motifs is 1. The SMILES string of the molecule is Cc1ccn(-c2ccc(N[C@H]3c4ccccc4C[C@H]3O)nn2)n1. The van der Waals surface area contributed by atoms with Crippen LogP contribution in [0.2, 0.25) is 0 Å². The predicted octanol–water partition coefficient (Wildman–Crippen LogP) is 2.04. The molecule has 6 nitrogen and oxygen atoms in total. The first-order valence-electron chi connectivity index (χ1n) is 7.59. The fourth-order valence-electron chi connectivity index (χ4n) is 2.97. The van der Waals surface area contributed by atoms with Crippen molar-refractivity contribution in [1.82, 2.24) is 20.0 Å². The fourth-order valence-corrected chi connectivity index (χ4v) is 2.97. The molecule has 0 bridgehead atoms. The summed E-state index contributed by atoms with van der Waals surface area (Å²) >= 11 is 0. The van der Waals surface area contributed by atoms with Gasteiger partial charge in [-0.2, -0.15) is 5.10 Å². The van der Waals surface area contributed by atoms with Gasteiger partial charge in [0.15, 0.2) is 5.82 Å². The van der Waals surface area contributed by atoms with Crippen molar-refractivity contribution in [2.24, 2.45) is 0 Å². The highest BCUT2D eigenvalue weighted by molar-refractivity contribution is 5.45. The van der Waals surface area contributed by atoms with E-state index in [1.807, 2.05) is 49.5 Å². The maximum atomic E-state index is 10.3. The van der Waals surface area contributed by atoms with Gasteiger partial charge in [0.25, 0.3) is 0 Å². The molecule has 0 unspecified atom stereocenters. The molecule has 0 saturated carbocycles. The van der Waals surface area contributed by atoms with Crippen LogP contribution >= 0.6 is 0 Å². The van der Waals surface area contributed by atoms with Crippen LogP contribution in [-0.2, 0) is 6.42 Å². The number of aryl methyl sites for hydroxylation is 1. The van der Waals surface area contributed by atoms with Crippen molar-refractivity contribution in [3.8, 4) is 5.82 Å². The molecule has 0 spiro atoms. The average Bonchev–Trinajstić information content (AvgIpc) is 3.12. The molecule has 2 N–H and O–H groups in total. The van der Waals surface area contributed by atoms with E-state index in [9.17, 15) is 5.11 Å². The molecule has 1 aliphatic carbocycles. The average molecular weight is 307 g/mol. The highest BCUT2D eigenvalue weighted by Gasteiger charge is 2.30. The molecule has 2 aromatic heterocycles. The molecule has 0 saturated heterocycles. The molecule has 3 aromatic rings. The Morgan fingerprint density at radius 2 is 2.00 bits per heavy atom. The summed E-state index contributed by atoms with van der Waals surface area (Å²) in [4.78, 5) is 0. The topological polar surface area (TPSA) is 75.9 Å². The number of aliphatic hydroxyl groups excluding tert-OH is 1. The van der Waals surface area contributed by atoms with Gasteiger partial charge in [-0.05, 0) is 36.2 Å². The molecular weight excluding hydrogens is 290 g/mol. The fraction of sp³-hybridized carbons (Fsp3) is 0.235. The van der Waals surface area contributed by atoms with Crippen LogP contribution in [0.1, 0.15) is 22.9 Å². The molecule has 0 radical (unpaired) electrons. The number of aliphatic hydroxyl groups is 1. The van der Waals surface area contributed by atoms with E-state index < -0.39 is 6.10 Å². The molecule has 23 heavy (non-hydrogen) atoms. The van der Waals surface area contributed by atoms with Gasteiger partial charge in [-0.3, -0.25) is 0 Å². The molecule has 2 heterocycles. The van der Waals surface area contributed by atoms with E-state index in [2.05, 4.69) is 26.7 Å². The van der Waals surface area contributed by atoms with Crippen molar-refractivity contribution in [2.75, 3.05) is 5.32 Å². The van der Waals surface area contributed by atoms with Gasteiger partial charge >= 0.3 is 0 Å². The van der Waals surface area contributed by atoms with Gasteiger partial charge in [0.05, 0.1) is 17.8 Å². The zero-order valence-electron chi connectivity index (χ0n) is 12.7. The first-order valence-corrected chi connectivity index (χ1v) is 7.59. The highest BCUT2D eigenvalue weighted by atomic mass is 16.3. The quantitative estimate of drug-likeness (QED) is 0.774. The number of benzene rings is 1. The van der Waals surface area contributed by atoms with Crippen molar-refractivity contribution in [3.05, 3.63) is 65.5 Å². The summed E-state index contributed by atoms with van der Waals surface area (Å²) in [6.45, 7) is 1.93. The predicted molar refractivity (Wildman–Crippen MR) is 86.4 cm³/mol. The summed E-state index contributed by atoms with van der Waals surface area (Å²) in [6, 6.07) is 13.5. The number of rotatable bonds is 3. The minimum absolute atomic E-state index is 0.154. The summed E-state index contributed by atoms with van der Waals surface area (Å²) in [7, 11) is 0. The summed E-state index contributed by atoms with van der Waals surface area (Å²) < 4.78 is 1.69. The maximum Gasteiger partial charge on any atom is 0.175 e. The minimum Gasteiger partial charge on any atom is -0.390 e. The number of nitrogens with zero attached hydrogens (tertiary/aromatic N) is 4. The Labute approximate surface area is 133 Å². The summed E-state index contributed by atoms with van der Waals surface area (Å²) in [5.74, 6) is 1.30. The standard InChI is InChI=1S/C17H17N5O/c1-11-8-9-22(21-11)16-7-6-15(19-20-16)18-17-13-5-3-2-4-12(13)10-14(17)23/h2-9,14,17,23H,10H2,1H3,(H,18,19)/t14-,17+/m1/s1. The van der Waals surface area contributed by atoms with Crippen LogP contribution in [-0.4, -0.2) is 31.2 Å². The smallest absolute Gasteiger partial charge is 0.175 e. The zero-order chi connectivity index (χ0) is 15.8. The largest absolute Gasteiger partial charge is 0.390 e. The Hall–Kier alpha value is -2.73. The first kappa shape index (κ1) is 13.9. The Morgan fingerprint density at radius 1 is 1.13 bits per heavy atom. The van der Waals surface area contributed by atoms with Crippen LogP contribution in [0.5, 0.6) is 0 Å². The second-order valence-corrected chi connectivity index (χ2v) is 5.77. The van der Waals surface area contributed by atoms with Crippen molar-refractivity contribution in [3.63, 3.8) is 0 Å². The van der Waals surface area contributed by atoms with E-state index in [0.717, 1.165) is 11.3 Å². The van der Waals surface area contributed by atoms with Gasteiger partial charge in [-0.1, -0.05) is 24.3 Å². The molecule has 1 aromatic carbocycles. The van der Waals surface area contributed by atoms with Gasteiger partial charge < -0.3 is 10.4 Å². The molecule has 2 atom stereocenters. The third kappa shape index (κ3) is 2.57. The molecule has 116 valence electrons. The van der Waals surface area contributed by atoms with Crippen molar-refractivity contribution < 1.29 is 5.11 Å². The second kappa shape index (κ2) is 5.48. The van der Waals surface area contributed by atoms with Gasteiger partial charge in [0.1, 0.15) is 5.82 Å². The number of aromatic nitrogens is 4. The summed E-state index contributed by atoms with van der Waals surface area (Å²) in [5, 5.41) is 26.3. The van der Waals surface area contributed by atoms with Gasteiger partial charge in [0.2, 0.25) is 0 Å². The van der Waals surface area contributed by atoms with Crippen LogP contribution in [0.3, 0.4) is 0 Å². The second-order valence-electron chi connectivity index (χ2n) is 5.77. The van der Waals surface area contributed by atoms with Crippen LogP contribution in [0, 0.1) is 6.92 Å². The molecule has 0 aliphatic heterocycles. The maximum absolute atomic E-state index is 10.3. The molecule has 0 amide bonds. The third-order valence-electron chi connectivity index (χ3n) is 4.11. The molecular formula is C17H17N5O. The Bertz CT molecular complexity index is 827. The lowest BCUT2D eigenvalue weighted by Gasteiger charge is -2.18. The lowest BCUT2D eigenvalue weighted by atomic mass is 10.1. The highest BCUT2D eigenvalue weighted by Crippen LogP contribution is 2.33. The van der Waals surface area contributed by atoms with Gasteiger partial charge in [0, 0.05) is 12.6 Å². The Balaban J connectivity index is 1.56.